The van der Waals surface area contributed by atoms with Crippen molar-refractivity contribution in [1.29, 1.82) is 0 Å². The first-order valence-electron chi connectivity index (χ1n) is 7.59. The quantitative estimate of drug-likeness (QED) is 0.630. The van der Waals surface area contributed by atoms with Crippen LogP contribution in [-0.4, -0.2) is 6.10 Å². The zero-order valence-corrected chi connectivity index (χ0v) is 11.2. The lowest BCUT2D eigenvalue weighted by Crippen LogP contribution is -2.30. The van der Waals surface area contributed by atoms with Crippen molar-refractivity contribution in [2.24, 2.45) is 23.6 Å². The zero-order valence-electron chi connectivity index (χ0n) is 11.2. The number of ether oxygens (including phenoxy) is 1. The maximum atomic E-state index is 5.89. The molecule has 3 atom stereocenters. The fourth-order valence-electron chi connectivity index (χ4n) is 3.96. The standard InChI is InChI=1S/C16H22N2O/c17-18-16(15-13-5-2-6-14(13)15)10-3-1-4-12(9-10)19-11-7-8-11/h1,3-4,9,11,13-16,18H,2,5-8,17H2. The molecule has 19 heavy (non-hydrogen) atoms. The van der Waals surface area contributed by atoms with Gasteiger partial charge in [-0.25, -0.2) is 0 Å². The van der Waals surface area contributed by atoms with Gasteiger partial charge in [0.15, 0.2) is 0 Å². The summed E-state index contributed by atoms with van der Waals surface area (Å²) >= 11 is 0. The summed E-state index contributed by atoms with van der Waals surface area (Å²) in [4.78, 5) is 0. The number of nitrogens with two attached hydrogens (primary N) is 1. The van der Waals surface area contributed by atoms with Gasteiger partial charge in [0, 0.05) is 6.04 Å². The highest BCUT2D eigenvalue weighted by molar-refractivity contribution is 5.33. The van der Waals surface area contributed by atoms with Crippen LogP contribution >= 0.6 is 0 Å². The van der Waals surface area contributed by atoms with Crippen LogP contribution in [0.1, 0.15) is 43.7 Å². The molecule has 0 radical (unpaired) electrons. The summed E-state index contributed by atoms with van der Waals surface area (Å²) in [6.45, 7) is 0. The smallest absolute Gasteiger partial charge is 0.120 e. The molecule has 0 aromatic heterocycles. The lowest BCUT2D eigenvalue weighted by Gasteiger charge is -2.19. The van der Waals surface area contributed by atoms with Crippen LogP contribution < -0.4 is 16.0 Å². The zero-order chi connectivity index (χ0) is 12.8. The van der Waals surface area contributed by atoms with Crippen LogP contribution in [0, 0.1) is 17.8 Å². The minimum atomic E-state index is 0.304. The number of rotatable bonds is 5. The van der Waals surface area contributed by atoms with Crippen LogP contribution in [-0.2, 0) is 0 Å². The van der Waals surface area contributed by atoms with E-state index in [0.717, 1.165) is 23.5 Å². The van der Waals surface area contributed by atoms with E-state index in [1.165, 1.54) is 37.7 Å². The van der Waals surface area contributed by atoms with Gasteiger partial charge in [-0.1, -0.05) is 18.6 Å². The molecular formula is C16H22N2O. The predicted molar refractivity (Wildman–Crippen MR) is 74.5 cm³/mol. The molecule has 4 rings (SSSR count). The van der Waals surface area contributed by atoms with Crippen LogP contribution in [0.4, 0.5) is 0 Å². The molecule has 3 fully saturated rings. The Morgan fingerprint density at radius 2 is 1.95 bits per heavy atom. The molecule has 1 aromatic carbocycles. The summed E-state index contributed by atoms with van der Waals surface area (Å²) in [5.74, 6) is 9.40. The molecule has 3 nitrogen and oxygen atoms in total. The maximum absolute atomic E-state index is 5.89. The molecule has 3 heteroatoms. The lowest BCUT2D eigenvalue weighted by atomic mass is 9.97. The van der Waals surface area contributed by atoms with Crippen molar-refractivity contribution in [3.8, 4) is 5.75 Å². The summed E-state index contributed by atoms with van der Waals surface area (Å²) in [5, 5.41) is 0. The first kappa shape index (κ1) is 11.7. The number of hydrogen-bond donors (Lipinski definition) is 2. The Hall–Kier alpha value is -1.06. The highest BCUT2D eigenvalue weighted by Gasteiger charge is 2.55. The third-order valence-electron chi connectivity index (χ3n) is 5.08. The van der Waals surface area contributed by atoms with Gasteiger partial charge in [-0.2, -0.15) is 0 Å². The minimum Gasteiger partial charge on any atom is -0.490 e. The number of fused-ring (bicyclic) bond motifs is 1. The molecule has 0 spiro atoms. The highest BCUT2D eigenvalue weighted by atomic mass is 16.5. The van der Waals surface area contributed by atoms with Crippen molar-refractivity contribution in [2.75, 3.05) is 0 Å². The van der Waals surface area contributed by atoms with Crippen molar-refractivity contribution in [3.63, 3.8) is 0 Å². The van der Waals surface area contributed by atoms with Crippen molar-refractivity contribution in [3.05, 3.63) is 29.8 Å². The summed E-state index contributed by atoms with van der Waals surface area (Å²) in [6, 6.07) is 8.81. The van der Waals surface area contributed by atoms with Gasteiger partial charge in [-0.15, -0.1) is 0 Å². The van der Waals surface area contributed by atoms with Crippen LogP contribution in [0.25, 0.3) is 0 Å². The first-order valence-corrected chi connectivity index (χ1v) is 7.59. The summed E-state index contributed by atoms with van der Waals surface area (Å²) in [5.41, 5.74) is 4.34. The molecule has 3 unspecified atom stereocenters. The molecular weight excluding hydrogens is 236 g/mol. The van der Waals surface area contributed by atoms with Crippen molar-refractivity contribution < 1.29 is 4.74 Å². The number of benzene rings is 1. The molecule has 3 saturated carbocycles. The summed E-state index contributed by atoms with van der Waals surface area (Å²) in [7, 11) is 0. The Morgan fingerprint density at radius 1 is 1.16 bits per heavy atom. The maximum Gasteiger partial charge on any atom is 0.120 e. The fourth-order valence-corrected chi connectivity index (χ4v) is 3.96. The number of hydrogen-bond acceptors (Lipinski definition) is 3. The third-order valence-corrected chi connectivity index (χ3v) is 5.08. The Morgan fingerprint density at radius 3 is 2.63 bits per heavy atom. The molecule has 0 saturated heterocycles. The second-order valence-electron chi connectivity index (χ2n) is 6.37. The summed E-state index contributed by atoms with van der Waals surface area (Å²) in [6.07, 6.45) is 7.07. The predicted octanol–water partition coefficient (Wildman–Crippen LogP) is 2.78. The van der Waals surface area contributed by atoms with Gasteiger partial charge in [0.2, 0.25) is 0 Å². The van der Waals surface area contributed by atoms with E-state index in [9.17, 15) is 0 Å². The molecule has 3 aliphatic carbocycles. The normalized spacial score (nSPS) is 33.8. The topological polar surface area (TPSA) is 47.3 Å². The molecule has 0 bridgehead atoms. The summed E-state index contributed by atoms with van der Waals surface area (Å²) < 4.78 is 5.89. The molecule has 0 amide bonds. The van der Waals surface area contributed by atoms with E-state index in [0.29, 0.717) is 12.1 Å². The average molecular weight is 258 g/mol. The largest absolute Gasteiger partial charge is 0.490 e. The highest BCUT2D eigenvalue weighted by Crippen LogP contribution is 2.62. The van der Waals surface area contributed by atoms with E-state index in [1.54, 1.807) is 0 Å². The molecule has 102 valence electrons. The van der Waals surface area contributed by atoms with Gasteiger partial charge < -0.3 is 4.74 Å². The SMILES string of the molecule is NNC(c1cccc(OC2CC2)c1)C1C2CCCC21. The van der Waals surface area contributed by atoms with Crippen molar-refractivity contribution >= 4 is 0 Å². The van der Waals surface area contributed by atoms with Crippen molar-refractivity contribution in [1.82, 2.24) is 5.43 Å². The van der Waals surface area contributed by atoms with E-state index in [1.807, 2.05) is 0 Å². The Kier molecular flexibility index (Phi) is 2.78. The Labute approximate surface area is 114 Å². The molecule has 0 aliphatic heterocycles. The van der Waals surface area contributed by atoms with Gasteiger partial charge >= 0.3 is 0 Å². The van der Waals surface area contributed by atoms with E-state index >= 15 is 0 Å². The Balaban J connectivity index is 1.52. The van der Waals surface area contributed by atoms with Crippen LogP contribution in [0.3, 0.4) is 0 Å². The molecule has 1 aromatic rings. The van der Waals surface area contributed by atoms with E-state index in [4.69, 9.17) is 10.6 Å². The van der Waals surface area contributed by atoms with Crippen LogP contribution in [0.2, 0.25) is 0 Å². The van der Waals surface area contributed by atoms with Crippen LogP contribution in [0.15, 0.2) is 24.3 Å². The van der Waals surface area contributed by atoms with E-state index in [-0.39, 0.29) is 0 Å². The van der Waals surface area contributed by atoms with Crippen molar-refractivity contribution in [2.45, 2.75) is 44.2 Å². The average Bonchev–Trinajstić information content (AvgIpc) is 3.32. The van der Waals surface area contributed by atoms with E-state index < -0.39 is 0 Å². The molecule has 0 heterocycles. The van der Waals surface area contributed by atoms with Gasteiger partial charge in [0.1, 0.15) is 5.75 Å². The van der Waals surface area contributed by atoms with E-state index in [2.05, 4.69) is 29.7 Å². The molecule has 3 N–H and O–H groups in total. The Bertz CT molecular complexity index is 462. The third kappa shape index (κ3) is 2.15. The monoisotopic (exact) mass is 258 g/mol. The molecule has 3 aliphatic rings. The number of hydrazine groups is 1. The van der Waals surface area contributed by atoms with Crippen LogP contribution in [0.5, 0.6) is 5.75 Å². The first-order chi connectivity index (χ1) is 9.36. The lowest BCUT2D eigenvalue weighted by molar-refractivity contribution is 0.302. The number of nitrogens with one attached hydrogen (secondary N) is 1. The minimum absolute atomic E-state index is 0.304. The van der Waals surface area contributed by atoms with Gasteiger partial charge in [-0.05, 0) is 61.1 Å². The second-order valence-corrected chi connectivity index (χ2v) is 6.37. The van der Waals surface area contributed by atoms with Gasteiger partial charge in [0.05, 0.1) is 6.10 Å². The fraction of sp³-hybridized carbons (Fsp3) is 0.625. The van der Waals surface area contributed by atoms with Gasteiger partial charge in [0.25, 0.3) is 0 Å². The second kappa shape index (κ2) is 4.50. The van der Waals surface area contributed by atoms with Gasteiger partial charge in [-0.3, -0.25) is 11.3 Å².